The Labute approximate surface area is 312 Å². The summed E-state index contributed by atoms with van der Waals surface area (Å²) in [4.78, 5) is 83.5. The Hall–Kier alpha value is -6.60. The van der Waals surface area contributed by atoms with Gasteiger partial charge in [0.1, 0.15) is 48.4 Å². The zero-order valence-electron chi connectivity index (χ0n) is 29.9. The van der Waals surface area contributed by atoms with Gasteiger partial charge in [-0.05, 0) is 42.0 Å². The Bertz CT molecular complexity index is 1870. The van der Waals surface area contributed by atoms with Crippen LogP contribution in [0.2, 0.25) is 0 Å². The molecule has 0 saturated carbocycles. The van der Waals surface area contributed by atoms with Crippen LogP contribution in [0.5, 0.6) is 28.7 Å². The van der Waals surface area contributed by atoms with E-state index in [1.54, 1.807) is 24.3 Å². The van der Waals surface area contributed by atoms with Gasteiger partial charge in [0.2, 0.25) is 27.2 Å². The molecule has 55 heavy (non-hydrogen) atoms. The van der Waals surface area contributed by atoms with E-state index in [-0.39, 0.29) is 48.9 Å². The lowest BCUT2D eigenvalue weighted by Crippen LogP contribution is -2.40. The lowest BCUT2D eigenvalue weighted by atomic mass is 9.75. The Balaban J connectivity index is 1.57. The fraction of sp³-hybridized carbons (Fsp3) is 0.333. The van der Waals surface area contributed by atoms with Crippen molar-refractivity contribution in [3.8, 4) is 28.7 Å². The van der Waals surface area contributed by atoms with E-state index in [0.717, 1.165) is 18.7 Å². The summed E-state index contributed by atoms with van der Waals surface area (Å²) >= 11 is 0. The zero-order chi connectivity index (χ0) is 39.7. The predicted molar refractivity (Wildman–Crippen MR) is 179 cm³/mol. The number of benzene rings is 3. The highest BCUT2D eigenvalue weighted by Gasteiger charge is 2.50. The maximum atomic E-state index is 12.8. The van der Waals surface area contributed by atoms with Gasteiger partial charge in [0.15, 0.2) is 5.60 Å². The monoisotopic (exact) mass is 769 g/mol. The molecule has 3 aromatic carbocycles. The van der Waals surface area contributed by atoms with Crippen LogP contribution in [0.4, 0.5) is 5.69 Å². The minimum Gasteiger partial charge on any atom is -0.506 e. The van der Waals surface area contributed by atoms with E-state index in [9.17, 15) is 33.9 Å². The van der Waals surface area contributed by atoms with E-state index < -0.39 is 73.8 Å². The van der Waals surface area contributed by atoms with Gasteiger partial charge >= 0.3 is 35.8 Å². The summed E-state index contributed by atoms with van der Waals surface area (Å²) in [5.41, 5.74) is -0.101. The van der Waals surface area contributed by atoms with E-state index in [2.05, 4.69) is 9.47 Å². The average molecular weight is 770 g/mol. The molecule has 2 aliphatic rings. The first-order chi connectivity index (χ1) is 26.3. The summed E-state index contributed by atoms with van der Waals surface area (Å²) in [6, 6.07) is 12.3. The molecule has 0 fully saturated rings. The van der Waals surface area contributed by atoms with Crippen molar-refractivity contribution in [2.24, 2.45) is 0 Å². The van der Waals surface area contributed by atoms with Gasteiger partial charge < -0.3 is 52.6 Å². The largest absolute Gasteiger partial charge is 0.506 e. The highest BCUT2D eigenvalue weighted by atomic mass is 17.2. The van der Waals surface area contributed by atoms with Crippen LogP contribution in [-0.4, -0.2) is 81.2 Å². The van der Waals surface area contributed by atoms with E-state index in [4.69, 9.17) is 42.9 Å². The number of carbonyl (C=O) groups is 6. The number of rotatable bonds is 15. The standard InChI is InChI=1S/C36H35NO18/c1-20(38)45-16-49-25-5-7-27-32(10-25)54-33-11-26(50-17-46-21(2)39)6-8-28(33)36(27)29-12-31(42)30(9-24(29)15-53-55-36)37(13-34(43)51-18-47-22(3)40)14-35(44)52-19-48-23(4)41/h5-12,42H,13-19H2,1-4H3. The molecule has 19 heteroatoms. The highest BCUT2D eigenvalue weighted by Crippen LogP contribution is 2.57. The number of phenols is 1. The predicted octanol–water partition coefficient (Wildman–Crippen LogP) is 2.98. The van der Waals surface area contributed by atoms with Gasteiger partial charge in [-0.15, -0.1) is 0 Å². The highest BCUT2D eigenvalue weighted by molar-refractivity contribution is 5.83. The van der Waals surface area contributed by atoms with Crippen LogP contribution in [0, 0.1) is 0 Å². The van der Waals surface area contributed by atoms with Crippen molar-refractivity contribution in [1.29, 1.82) is 0 Å². The molecule has 3 aromatic rings. The minimum absolute atomic E-state index is 0.0378. The third-order valence-electron chi connectivity index (χ3n) is 7.78. The van der Waals surface area contributed by atoms with Gasteiger partial charge in [0.05, 0.1) is 5.69 Å². The van der Waals surface area contributed by atoms with E-state index in [0.29, 0.717) is 22.3 Å². The normalized spacial score (nSPS) is 13.0. The Morgan fingerprint density at radius 3 is 1.58 bits per heavy atom. The maximum Gasteiger partial charge on any atom is 0.328 e. The van der Waals surface area contributed by atoms with Crippen LogP contribution in [0.15, 0.2) is 48.5 Å². The maximum absolute atomic E-state index is 12.8. The number of hydrogen-bond acceptors (Lipinski definition) is 19. The SMILES string of the molecule is CC(=O)OCOC(=O)CN(CC(=O)OCOC(C)=O)c1cc2c(cc1O)C1(OOC2)c2ccc(OCOC(C)=O)cc2Oc2cc(OCOC(C)=O)ccc21. The first kappa shape index (κ1) is 39.6. The van der Waals surface area contributed by atoms with Crippen LogP contribution >= 0.6 is 0 Å². The molecule has 0 amide bonds. The van der Waals surface area contributed by atoms with Gasteiger partial charge in [0.25, 0.3) is 0 Å². The number of aromatic hydroxyl groups is 1. The molecule has 2 heterocycles. The molecule has 1 N–H and O–H groups in total. The summed E-state index contributed by atoms with van der Waals surface area (Å²) in [5.74, 6) is -3.88. The molecule has 5 rings (SSSR count). The Kier molecular flexibility index (Phi) is 12.6. The number of esters is 6. The van der Waals surface area contributed by atoms with Crippen molar-refractivity contribution in [3.05, 3.63) is 70.8 Å². The molecular weight excluding hydrogens is 734 g/mol. The molecule has 1 spiro atoms. The molecule has 0 atom stereocenters. The summed E-state index contributed by atoms with van der Waals surface area (Å²) in [6.45, 7) is 1.10. The first-order valence-electron chi connectivity index (χ1n) is 16.3. The van der Waals surface area contributed by atoms with Crippen molar-refractivity contribution in [3.63, 3.8) is 0 Å². The van der Waals surface area contributed by atoms with Crippen molar-refractivity contribution in [2.45, 2.75) is 39.9 Å². The average Bonchev–Trinajstić information content (AvgIpc) is 3.10. The summed E-state index contributed by atoms with van der Waals surface area (Å²) < 4.78 is 46.5. The topological polar surface area (TPSA) is 227 Å². The fourth-order valence-electron chi connectivity index (χ4n) is 5.47. The van der Waals surface area contributed by atoms with Crippen molar-refractivity contribution >= 4 is 41.5 Å². The number of nitrogens with zero attached hydrogens (tertiary/aromatic N) is 1. The van der Waals surface area contributed by atoms with E-state index in [1.165, 1.54) is 38.1 Å². The molecule has 19 nitrogen and oxygen atoms in total. The summed E-state index contributed by atoms with van der Waals surface area (Å²) in [6.07, 6.45) is 0. The number of ether oxygens (including phenoxy) is 9. The summed E-state index contributed by atoms with van der Waals surface area (Å²) in [5, 5.41) is 11.6. The van der Waals surface area contributed by atoms with Gasteiger partial charge in [-0.25, -0.2) is 9.78 Å². The number of hydrogen-bond donors (Lipinski definition) is 1. The molecule has 0 radical (unpaired) electrons. The van der Waals surface area contributed by atoms with Crippen LogP contribution < -0.4 is 19.1 Å². The third kappa shape index (κ3) is 9.69. The Morgan fingerprint density at radius 1 is 0.636 bits per heavy atom. The van der Waals surface area contributed by atoms with Gasteiger partial charge in [-0.2, -0.15) is 0 Å². The second-order valence-electron chi connectivity index (χ2n) is 11.6. The van der Waals surface area contributed by atoms with Crippen molar-refractivity contribution < 1.29 is 86.3 Å². The van der Waals surface area contributed by atoms with Crippen molar-refractivity contribution in [1.82, 2.24) is 0 Å². The van der Waals surface area contributed by atoms with E-state index in [1.807, 2.05) is 0 Å². The second kappa shape index (κ2) is 17.5. The molecule has 2 aliphatic heterocycles. The minimum atomic E-state index is -1.63. The molecule has 0 aromatic heterocycles. The molecule has 0 unspecified atom stereocenters. The molecule has 0 aliphatic carbocycles. The lowest BCUT2D eigenvalue weighted by molar-refractivity contribution is -0.364. The van der Waals surface area contributed by atoms with Gasteiger partial charge in [-0.3, -0.25) is 28.8 Å². The molecular formula is C36H35NO18. The van der Waals surface area contributed by atoms with Gasteiger partial charge in [0, 0.05) is 56.5 Å². The van der Waals surface area contributed by atoms with Crippen LogP contribution in [0.3, 0.4) is 0 Å². The third-order valence-corrected chi connectivity index (χ3v) is 7.78. The smallest absolute Gasteiger partial charge is 0.328 e. The number of phenolic OH excluding ortho intramolecular Hbond substituents is 1. The molecule has 0 bridgehead atoms. The summed E-state index contributed by atoms with van der Waals surface area (Å²) in [7, 11) is 0. The molecule has 0 saturated heterocycles. The van der Waals surface area contributed by atoms with Gasteiger partial charge in [-0.1, -0.05) is 0 Å². The van der Waals surface area contributed by atoms with Crippen LogP contribution in [-0.2, 0) is 79.2 Å². The van der Waals surface area contributed by atoms with Crippen LogP contribution in [0.1, 0.15) is 49.9 Å². The first-order valence-corrected chi connectivity index (χ1v) is 16.3. The zero-order valence-corrected chi connectivity index (χ0v) is 29.9. The quantitative estimate of drug-likeness (QED) is 0.101. The fourth-order valence-corrected chi connectivity index (χ4v) is 5.47. The Morgan fingerprint density at radius 2 is 1.11 bits per heavy atom. The molecule has 292 valence electrons. The number of fused-ring (bicyclic) bond motifs is 6. The number of carbonyl (C=O) groups excluding carboxylic acids is 6. The lowest BCUT2D eigenvalue weighted by Gasteiger charge is -2.42. The van der Waals surface area contributed by atoms with E-state index >= 15 is 0 Å². The number of anilines is 1. The second-order valence-corrected chi connectivity index (χ2v) is 11.6. The van der Waals surface area contributed by atoms with Crippen molar-refractivity contribution in [2.75, 3.05) is 45.2 Å². The van der Waals surface area contributed by atoms with Crippen LogP contribution in [0.25, 0.3) is 0 Å².